The Morgan fingerprint density at radius 1 is 1.18 bits per heavy atom. The van der Waals surface area contributed by atoms with E-state index < -0.39 is 0 Å². The maximum Gasteiger partial charge on any atom is 0.227 e. The number of rotatable bonds is 6. The molecule has 5 nitrogen and oxygen atoms in total. The second-order valence-corrected chi connectivity index (χ2v) is 7.50. The Labute approximate surface area is 166 Å². The zero-order chi connectivity index (χ0) is 20.1. The highest BCUT2D eigenvalue weighted by molar-refractivity contribution is 5.83. The van der Waals surface area contributed by atoms with Crippen molar-refractivity contribution in [2.45, 2.75) is 32.9 Å². The topological polar surface area (TPSA) is 49.9 Å². The van der Waals surface area contributed by atoms with E-state index in [0.717, 1.165) is 16.9 Å². The molecule has 1 aliphatic rings. The van der Waals surface area contributed by atoms with E-state index in [-0.39, 0.29) is 17.7 Å². The van der Waals surface area contributed by atoms with Gasteiger partial charge in [0.25, 0.3) is 0 Å². The van der Waals surface area contributed by atoms with Crippen LogP contribution in [0.15, 0.2) is 48.5 Å². The molecule has 1 aliphatic heterocycles. The van der Waals surface area contributed by atoms with Gasteiger partial charge in [-0.25, -0.2) is 0 Å². The van der Waals surface area contributed by atoms with Gasteiger partial charge in [-0.1, -0.05) is 48.0 Å². The molecule has 0 saturated carbocycles. The van der Waals surface area contributed by atoms with Crippen LogP contribution in [-0.4, -0.2) is 42.3 Å². The van der Waals surface area contributed by atoms with E-state index in [1.54, 1.807) is 16.9 Å². The predicted molar refractivity (Wildman–Crippen MR) is 109 cm³/mol. The van der Waals surface area contributed by atoms with Crippen molar-refractivity contribution in [2.75, 3.05) is 20.7 Å². The molecule has 0 N–H and O–H groups in total. The molecule has 0 spiro atoms. The van der Waals surface area contributed by atoms with E-state index >= 15 is 0 Å². The summed E-state index contributed by atoms with van der Waals surface area (Å²) in [6, 6.07) is 15.9. The Hall–Kier alpha value is -2.82. The summed E-state index contributed by atoms with van der Waals surface area (Å²) in [4.78, 5) is 28.9. The second kappa shape index (κ2) is 8.91. The molecule has 2 aromatic carbocycles. The van der Waals surface area contributed by atoms with Crippen LogP contribution in [0.4, 0.5) is 0 Å². The van der Waals surface area contributed by atoms with Crippen molar-refractivity contribution in [1.29, 1.82) is 0 Å². The fourth-order valence-electron chi connectivity index (χ4n) is 3.67. The summed E-state index contributed by atoms with van der Waals surface area (Å²) in [5, 5.41) is 0. The summed E-state index contributed by atoms with van der Waals surface area (Å²) in [5.74, 6) is 0.789. The van der Waals surface area contributed by atoms with Crippen molar-refractivity contribution < 1.29 is 14.3 Å². The monoisotopic (exact) mass is 380 g/mol. The average molecular weight is 380 g/mol. The zero-order valence-electron chi connectivity index (χ0n) is 16.9. The molecule has 1 atom stereocenters. The summed E-state index contributed by atoms with van der Waals surface area (Å²) in [7, 11) is 3.46. The van der Waals surface area contributed by atoms with Crippen LogP contribution in [0.3, 0.4) is 0 Å². The minimum Gasteiger partial charge on any atom is -0.496 e. The van der Waals surface area contributed by atoms with Crippen molar-refractivity contribution in [1.82, 2.24) is 9.80 Å². The van der Waals surface area contributed by atoms with Crippen LogP contribution in [0.25, 0.3) is 0 Å². The molecule has 5 heteroatoms. The van der Waals surface area contributed by atoms with Crippen LogP contribution in [0.5, 0.6) is 5.75 Å². The fraction of sp³-hybridized carbons (Fsp3) is 0.391. The highest BCUT2D eigenvalue weighted by Crippen LogP contribution is 2.25. The Bertz CT molecular complexity index is 832. The third-order valence-corrected chi connectivity index (χ3v) is 5.32. The number of carbonyl (C=O) groups excluding carboxylic acids is 2. The number of para-hydroxylation sites is 1. The Morgan fingerprint density at radius 2 is 1.89 bits per heavy atom. The molecule has 0 aromatic heterocycles. The lowest BCUT2D eigenvalue weighted by atomic mass is 9.95. The van der Waals surface area contributed by atoms with Gasteiger partial charge in [-0.3, -0.25) is 9.59 Å². The molecular weight excluding hydrogens is 352 g/mol. The van der Waals surface area contributed by atoms with Crippen molar-refractivity contribution in [2.24, 2.45) is 5.92 Å². The number of nitrogens with zero attached hydrogens (tertiary/aromatic N) is 2. The number of methoxy groups -OCH3 is 1. The van der Waals surface area contributed by atoms with Crippen LogP contribution in [-0.2, 0) is 22.7 Å². The maximum atomic E-state index is 13.0. The van der Waals surface area contributed by atoms with E-state index in [1.807, 2.05) is 38.2 Å². The molecule has 3 rings (SSSR count). The summed E-state index contributed by atoms with van der Waals surface area (Å²) >= 11 is 0. The fourth-order valence-corrected chi connectivity index (χ4v) is 3.67. The summed E-state index contributed by atoms with van der Waals surface area (Å²) < 4.78 is 5.40. The number of piperidine rings is 1. The minimum atomic E-state index is -0.164. The van der Waals surface area contributed by atoms with Crippen molar-refractivity contribution in [3.05, 3.63) is 65.2 Å². The van der Waals surface area contributed by atoms with Gasteiger partial charge in [-0.05, 0) is 25.0 Å². The summed E-state index contributed by atoms with van der Waals surface area (Å²) in [5.41, 5.74) is 3.27. The van der Waals surface area contributed by atoms with E-state index in [4.69, 9.17) is 4.74 Å². The molecule has 0 unspecified atom stereocenters. The second-order valence-electron chi connectivity index (χ2n) is 7.50. The molecule has 1 saturated heterocycles. The third-order valence-electron chi connectivity index (χ3n) is 5.32. The molecule has 28 heavy (non-hydrogen) atoms. The lowest BCUT2D eigenvalue weighted by Crippen LogP contribution is -2.45. The van der Waals surface area contributed by atoms with Crippen LogP contribution in [0.1, 0.15) is 29.5 Å². The SMILES string of the molecule is COc1ccccc1CN1C[C@@H](C(=O)N(C)Cc2ccc(C)cc2)CCC1=O. The number of ether oxygens (including phenoxy) is 1. The number of carbonyl (C=O) groups is 2. The van der Waals surface area contributed by atoms with Gasteiger partial charge in [0.1, 0.15) is 5.75 Å². The molecule has 0 aliphatic carbocycles. The first-order chi connectivity index (χ1) is 13.5. The van der Waals surface area contributed by atoms with Gasteiger partial charge in [0.2, 0.25) is 11.8 Å². The van der Waals surface area contributed by atoms with Gasteiger partial charge in [-0.15, -0.1) is 0 Å². The number of benzene rings is 2. The van der Waals surface area contributed by atoms with E-state index in [2.05, 4.69) is 24.3 Å². The van der Waals surface area contributed by atoms with Gasteiger partial charge >= 0.3 is 0 Å². The van der Waals surface area contributed by atoms with Crippen LogP contribution in [0, 0.1) is 12.8 Å². The van der Waals surface area contributed by atoms with Gasteiger partial charge in [0, 0.05) is 38.7 Å². The van der Waals surface area contributed by atoms with Gasteiger partial charge < -0.3 is 14.5 Å². The first kappa shape index (κ1) is 19.9. The average Bonchev–Trinajstić information content (AvgIpc) is 2.71. The molecule has 2 amide bonds. The molecule has 1 fully saturated rings. The predicted octanol–water partition coefficient (Wildman–Crippen LogP) is 3.40. The number of hydrogen-bond donors (Lipinski definition) is 0. The van der Waals surface area contributed by atoms with Crippen molar-refractivity contribution in [3.63, 3.8) is 0 Å². The van der Waals surface area contributed by atoms with E-state index in [9.17, 15) is 9.59 Å². The molecule has 0 radical (unpaired) electrons. The minimum absolute atomic E-state index is 0.0937. The highest BCUT2D eigenvalue weighted by Gasteiger charge is 2.32. The van der Waals surface area contributed by atoms with Crippen molar-refractivity contribution >= 4 is 11.8 Å². The first-order valence-corrected chi connectivity index (χ1v) is 9.68. The normalized spacial score (nSPS) is 16.8. The van der Waals surface area contributed by atoms with Gasteiger partial charge in [0.05, 0.1) is 13.0 Å². The highest BCUT2D eigenvalue weighted by atomic mass is 16.5. The number of aryl methyl sites for hydroxylation is 1. The molecule has 2 aromatic rings. The smallest absolute Gasteiger partial charge is 0.227 e. The Morgan fingerprint density at radius 3 is 2.61 bits per heavy atom. The lowest BCUT2D eigenvalue weighted by Gasteiger charge is -2.34. The Balaban J connectivity index is 1.64. The summed E-state index contributed by atoms with van der Waals surface area (Å²) in [6.07, 6.45) is 1.02. The first-order valence-electron chi connectivity index (χ1n) is 9.68. The Kier molecular flexibility index (Phi) is 6.34. The molecular formula is C23H28N2O3. The third kappa shape index (κ3) is 4.71. The van der Waals surface area contributed by atoms with Gasteiger partial charge in [0.15, 0.2) is 0 Å². The number of amides is 2. The van der Waals surface area contributed by atoms with E-state index in [0.29, 0.717) is 32.5 Å². The van der Waals surface area contributed by atoms with Gasteiger partial charge in [-0.2, -0.15) is 0 Å². The number of likely N-dealkylation sites (tertiary alicyclic amines) is 1. The van der Waals surface area contributed by atoms with Crippen LogP contribution < -0.4 is 4.74 Å². The van der Waals surface area contributed by atoms with E-state index in [1.165, 1.54) is 5.56 Å². The largest absolute Gasteiger partial charge is 0.496 e. The maximum absolute atomic E-state index is 13.0. The quantitative estimate of drug-likeness (QED) is 0.772. The number of hydrogen-bond acceptors (Lipinski definition) is 3. The van der Waals surface area contributed by atoms with Crippen LogP contribution >= 0.6 is 0 Å². The summed E-state index contributed by atoms with van der Waals surface area (Å²) in [6.45, 7) is 3.55. The van der Waals surface area contributed by atoms with Crippen molar-refractivity contribution in [3.8, 4) is 5.75 Å². The standard InChI is InChI=1S/C23H28N2O3/c1-17-8-10-18(11-9-17)14-24(2)23(27)20-12-13-22(26)25(16-20)15-19-6-4-5-7-21(19)28-3/h4-11,20H,12-16H2,1-3H3/t20-/m0/s1. The zero-order valence-corrected chi connectivity index (χ0v) is 16.9. The lowest BCUT2D eigenvalue weighted by molar-refractivity contribution is -0.143. The molecule has 1 heterocycles. The molecule has 148 valence electrons. The molecule has 0 bridgehead atoms. The van der Waals surface area contributed by atoms with Crippen LogP contribution in [0.2, 0.25) is 0 Å².